The minimum atomic E-state index is -1.22. The number of carboxylic acid groups (broad SMARTS) is 1. The van der Waals surface area contributed by atoms with Crippen LogP contribution in [0.5, 0.6) is 0 Å². The first-order chi connectivity index (χ1) is 9.41. The first kappa shape index (κ1) is 14.2. The number of benzene rings is 1. The summed E-state index contributed by atoms with van der Waals surface area (Å²) in [6, 6.07) is 6.29. The second kappa shape index (κ2) is 5.42. The Balaban J connectivity index is 2.21. The number of hydrogen-bond acceptors (Lipinski definition) is 4. The Bertz CT molecular complexity index is 531. The summed E-state index contributed by atoms with van der Waals surface area (Å²) in [5, 5.41) is 9.65. The molecule has 0 radical (unpaired) electrons. The van der Waals surface area contributed by atoms with E-state index >= 15 is 0 Å². The van der Waals surface area contributed by atoms with E-state index in [1.165, 1.54) is 12.1 Å². The van der Waals surface area contributed by atoms with E-state index in [1.807, 2.05) is 13.8 Å². The maximum Gasteiger partial charge on any atom is 0.335 e. The van der Waals surface area contributed by atoms with E-state index in [2.05, 4.69) is 0 Å². The van der Waals surface area contributed by atoms with E-state index < -0.39 is 23.9 Å². The van der Waals surface area contributed by atoms with Gasteiger partial charge < -0.3 is 5.11 Å². The predicted molar refractivity (Wildman–Crippen MR) is 68.9 cm³/mol. The fourth-order valence-corrected chi connectivity index (χ4v) is 2.01. The van der Waals surface area contributed by atoms with Crippen molar-refractivity contribution in [2.45, 2.75) is 26.4 Å². The summed E-state index contributed by atoms with van der Waals surface area (Å²) in [5.74, 6) is -2.39. The normalized spacial score (nSPS) is 15.7. The molecule has 2 amide bonds. The van der Waals surface area contributed by atoms with Crippen LogP contribution in [0.4, 0.5) is 0 Å². The second-order valence-electron chi connectivity index (χ2n) is 5.01. The minimum absolute atomic E-state index is 0.0614. The molecule has 106 valence electrons. The summed E-state index contributed by atoms with van der Waals surface area (Å²) in [6.07, 6.45) is -1.01. The Morgan fingerprint density at radius 1 is 1.20 bits per heavy atom. The number of amides is 2. The summed E-state index contributed by atoms with van der Waals surface area (Å²) >= 11 is 0. The molecule has 0 spiro atoms. The topological polar surface area (TPSA) is 83.9 Å². The Labute approximate surface area is 115 Å². The number of imide groups is 1. The molecule has 0 aliphatic carbocycles. The predicted octanol–water partition coefficient (Wildman–Crippen LogP) is 1.71. The Kier molecular flexibility index (Phi) is 3.85. The third-order valence-electron chi connectivity index (χ3n) is 2.95. The van der Waals surface area contributed by atoms with Gasteiger partial charge in [0, 0.05) is 0 Å². The molecule has 6 nitrogen and oxygen atoms in total. The molecule has 0 bridgehead atoms. The smallest absolute Gasteiger partial charge is 0.335 e. The third-order valence-corrected chi connectivity index (χ3v) is 2.95. The van der Waals surface area contributed by atoms with Crippen molar-refractivity contribution < 1.29 is 24.3 Å². The summed E-state index contributed by atoms with van der Waals surface area (Å²) in [4.78, 5) is 40.3. The second-order valence-corrected chi connectivity index (χ2v) is 5.01. The quantitative estimate of drug-likeness (QED) is 0.828. The van der Waals surface area contributed by atoms with Crippen molar-refractivity contribution in [2.75, 3.05) is 0 Å². The molecular formula is C14H15NO5. The van der Waals surface area contributed by atoms with Gasteiger partial charge in [0.15, 0.2) is 6.10 Å². The average Bonchev–Trinajstić information content (AvgIpc) is 2.63. The first-order valence-corrected chi connectivity index (χ1v) is 6.29. The molecule has 1 aliphatic heterocycles. The molecule has 20 heavy (non-hydrogen) atoms. The van der Waals surface area contributed by atoms with Gasteiger partial charge in [-0.25, -0.2) is 9.63 Å². The van der Waals surface area contributed by atoms with E-state index in [0.29, 0.717) is 5.06 Å². The number of rotatable bonds is 5. The van der Waals surface area contributed by atoms with Gasteiger partial charge in [-0.1, -0.05) is 26.0 Å². The van der Waals surface area contributed by atoms with Crippen LogP contribution in [0, 0.1) is 5.92 Å². The van der Waals surface area contributed by atoms with Gasteiger partial charge >= 0.3 is 5.97 Å². The molecule has 1 aromatic rings. The Morgan fingerprint density at radius 3 is 2.10 bits per heavy atom. The maximum absolute atomic E-state index is 12.0. The molecular weight excluding hydrogens is 262 g/mol. The standard InChI is InChI=1S/C14H15NO5/c1-8(2)7-11(14(18)19)20-15-12(16)9-5-3-4-6-10(9)13(15)17/h3-6,8,11H,7H2,1-2H3,(H,18,19)/t11-/m1/s1. The highest BCUT2D eigenvalue weighted by Gasteiger charge is 2.39. The average molecular weight is 277 g/mol. The number of hydrogen-bond donors (Lipinski definition) is 1. The molecule has 0 fully saturated rings. The Morgan fingerprint density at radius 2 is 1.70 bits per heavy atom. The van der Waals surface area contributed by atoms with Crippen molar-refractivity contribution in [3.05, 3.63) is 35.4 Å². The minimum Gasteiger partial charge on any atom is -0.479 e. The number of carbonyl (C=O) groups excluding carboxylic acids is 2. The molecule has 0 unspecified atom stereocenters. The van der Waals surface area contributed by atoms with Gasteiger partial charge in [-0.3, -0.25) is 9.59 Å². The highest BCUT2D eigenvalue weighted by atomic mass is 16.7. The zero-order valence-corrected chi connectivity index (χ0v) is 11.2. The molecule has 1 N–H and O–H groups in total. The Hall–Kier alpha value is -2.21. The third kappa shape index (κ3) is 2.55. The van der Waals surface area contributed by atoms with Crippen LogP contribution in [0.1, 0.15) is 41.0 Å². The summed E-state index contributed by atoms with van der Waals surface area (Å²) in [5.41, 5.74) is 0.456. The number of carboxylic acids is 1. The van der Waals surface area contributed by atoms with Crippen LogP contribution in [0.15, 0.2) is 24.3 Å². The van der Waals surface area contributed by atoms with E-state index in [-0.39, 0.29) is 23.5 Å². The van der Waals surface area contributed by atoms with E-state index in [9.17, 15) is 14.4 Å². The molecule has 1 aromatic carbocycles. The fraction of sp³-hybridized carbons (Fsp3) is 0.357. The van der Waals surface area contributed by atoms with Crippen molar-refractivity contribution in [1.82, 2.24) is 5.06 Å². The van der Waals surface area contributed by atoms with E-state index in [0.717, 1.165) is 0 Å². The van der Waals surface area contributed by atoms with E-state index in [1.54, 1.807) is 12.1 Å². The van der Waals surface area contributed by atoms with Gasteiger partial charge in [-0.15, -0.1) is 5.06 Å². The van der Waals surface area contributed by atoms with Gasteiger partial charge in [-0.05, 0) is 24.5 Å². The van der Waals surface area contributed by atoms with Gasteiger partial charge in [0.2, 0.25) is 0 Å². The molecule has 0 saturated carbocycles. The van der Waals surface area contributed by atoms with Crippen LogP contribution in [0.25, 0.3) is 0 Å². The van der Waals surface area contributed by atoms with Crippen LogP contribution in [-0.2, 0) is 9.63 Å². The number of fused-ring (bicyclic) bond motifs is 1. The van der Waals surface area contributed by atoms with Crippen LogP contribution in [-0.4, -0.2) is 34.1 Å². The largest absolute Gasteiger partial charge is 0.479 e. The van der Waals surface area contributed by atoms with Crippen molar-refractivity contribution in [3.8, 4) is 0 Å². The van der Waals surface area contributed by atoms with Crippen molar-refractivity contribution in [1.29, 1.82) is 0 Å². The number of nitrogens with zero attached hydrogens (tertiary/aromatic N) is 1. The lowest BCUT2D eigenvalue weighted by Crippen LogP contribution is -2.38. The van der Waals surface area contributed by atoms with Crippen LogP contribution in [0.3, 0.4) is 0 Å². The summed E-state index contributed by atoms with van der Waals surface area (Å²) in [6.45, 7) is 3.67. The monoisotopic (exact) mass is 277 g/mol. The molecule has 2 rings (SSSR count). The molecule has 6 heteroatoms. The number of aliphatic carboxylic acids is 1. The van der Waals surface area contributed by atoms with Gasteiger partial charge in [0.1, 0.15) is 0 Å². The lowest BCUT2D eigenvalue weighted by molar-refractivity contribution is -0.176. The SMILES string of the molecule is CC(C)C[C@@H](ON1C(=O)c2ccccc2C1=O)C(=O)O. The zero-order chi connectivity index (χ0) is 14.9. The van der Waals surface area contributed by atoms with Gasteiger partial charge in [-0.2, -0.15) is 0 Å². The zero-order valence-electron chi connectivity index (χ0n) is 11.2. The highest BCUT2D eigenvalue weighted by molar-refractivity contribution is 6.20. The maximum atomic E-state index is 12.0. The van der Waals surface area contributed by atoms with Gasteiger partial charge in [0.05, 0.1) is 11.1 Å². The lowest BCUT2D eigenvalue weighted by Gasteiger charge is -2.20. The number of carbonyl (C=O) groups is 3. The van der Waals surface area contributed by atoms with E-state index in [4.69, 9.17) is 9.94 Å². The van der Waals surface area contributed by atoms with Crippen LogP contribution >= 0.6 is 0 Å². The fourth-order valence-electron chi connectivity index (χ4n) is 2.01. The molecule has 1 atom stereocenters. The molecule has 1 heterocycles. The summed E-state index contributed by atoms with van der Waals surface area (Å²) in [7, 11) is 0. The summed E-state index contributed by atoms with van der Waals surface area (Å²) < 4.78 is 0. The van der Waals surface area contributed by atoms with Gasteiger partial charge in [0.25, 0.3) is 11.8 Å². The number of hydroxylamine groups is 2. The molecule has 0 saturated heterocycles. The lowest BCUT2D eigenvalue weighted by atomic mass is 10.1. The van der Waals surface area contributed by atoms with Crippen LogP contribution < -0.4 is 0 Å². The van der Waals surface area contributed by atoms with Crippen molar-refractivity contribution in [2.24, 2.45) is 5.92 Å². The van der Waals surface area contributed by atoms with Crippen LogP contribution in [0.2, 0.25) is 0 Å². The molecule has 1 aliphatic rings. The van der Waals surface area contributed by atoms with Crippen molar-refractivity contribution in [3.63, 3.8) is 0 Å². The first-order valence-electron chi connectivity index (χ1n) is 6.29. The van der Waals surface area contributed by atoms with Crippen molar-refractivity contribution >= 4 is 17.8 Å². The highest BCUT2D eigenvalue weighted by Crippen LogP contribution is 2.24. The molecule has 0 aromatic heterocycles.